The number of hydrogen-bond acceptors (Lipinski definition) is 5. The molecule has 0 aliphatic carbocycles. The third-order valence-electron chi connectivity index (χ3n) is 4.70. The molecule has 7 nitrogen and oxygen atoms in total. The number of carbonyl (C=O) groups is 3. The van der Waals surface area contributed by atoms with E-state index < -0.39 is 5.97 Å². The zero-order valence-corrected chi connectivity index (χ0v) is 16.7. The molecule has 0 aromatic carbocycles. The molecule has 0 radical (unpaired) electrons. The first-order chi connectivity index (χ1) is 12.4. The standard InChI is InChI=1S/C18H27N3O4S/c1-5-25-18(24)14-12(3)15(16(23)19-4)26-17(14)20-13(22)10-21-8-6-11(2)7-9-21/h11H,5-10H2,1-4H3,(H,19,23)(H,20,22)/p+1. The lowest BCUT2D eigenvalue weighted by Crippen LogP contribution is -3.14. The Labute approximate surface area is 158 Å². The Morgan fingerprint density at radius 3 is 2.50 bits per heavy atom. The quantitative estimate of drug-likeness (QED) is 0.637. The molecule has 1 fully saturated rings. The molecule has 1 saturated heterocycles. The van der Waals surface area contributed by atoms with Crippen LogP contribution in [0.3, 0.4) is 0 Å². The van der Waals surface area contributed by atoms with Crippen LogP contribution in [-0.4, -0.2) is 51.1 Å². The van der Waals surface area contributed by atoms with Crippen molar-refractivity contribution in [1.82, 2.24) is 5.32 Å². The van der Waals surface area contributed by atoms with Crippen molar-refractivity contribution >= 4 is 34.1 Å². The van der Waals surface area contributed by atoms with Gasteiger partial charge in [-0.25, -0.2) is 4.79 Å². The van der Waals surface area contributed by atoms with E-state index in [0.29, 0.717) is 27.9 Å². The fourth-order valence-electron chi connectivity index (χ4n) is 3.13. The van der Waals surface area contributed by atoms with E-state index in [2.05, 4.69) is 17.6 Å². The first-order valence-corrected chi connectivity index (χ1v) is 9.85. The summed E-state index contributed by atoms with van der Waals surface area (Å²) in [6, 6.07) is 0. The van der Waals surface area contributed by atoms with Crippen molar-refractivity contribution in [3.8, 4) is 0 Å². The van der Waals surface area contributed by atoms with Crippen LogP contribution in [0, 0.1) is 12.8 Å². The van der Waals surface area contributed by atoms with E-state index in [0.717, 1.165) is 37.3 Å². The maximum Gasteiger partial charge on any atom is 0.341 e. The molecular weight excluding hydrogens is 354 g/mol. The van der Waals surface area contributed by atoms with Crippen LogP contribution in [-0.2, 0) is 9.53 Å². The van der Waals surface area contributed by atoms with Gasteiger partial charge in [0.05, 0.1) is 30.1 Å². The zero-order valence-electron chi connectivity index (χ0n) is 15.9. The second kappa shape index (κ2) is 9.14. The van der Waals surface area contributed by atoms with E-state index >= 15 is 0 Å². The predicted molar refractivity (Wildman–Crippen MR) is 101 cm³/mol. The fourth-order valence-corrected chi connectivity index (χ4v) is 4.28. The minimum Gasteiger partial charge on any atom is -0.462 e. The maximum atomic E-state index is 12.5. The van der Waals surface area contributed by atoms with Crippen LogP contribution in [0.4, 0.5) is 5.00 Å². The molecule has 0 atom stereocenters. The highest BCUT2D eigenvalue weighted by Gasteiger charge is 2.27. The van der Waals surface area contributed by atoms with Gasteiger partial charge < -0.3 is 20.3 Å². The molecule has 1 aromatic rings. The summed E-state index contributed by atoms with van der Waals surface area (Å²) < 4.78 is 5.10. The van der Waals surface area contributed by atoms with Crippen molar-refractivity contribution in [3.05, 3.63) is 16.0 Å². The van der Waals surface area contributed by atoms with Crippen molar-refractivity contribution in [2.75, 3.05) is 38.6 Å². The van der Waals surface area contributed by atoms with E-state index in [1.165, 1.54) is 11.9 Å². The predicted octanol–water partition coefficient (Wildman–Crippen LogP) is 0.846. The molecule has 1 aliphatic rings. The number of thiophene rings is 1. The van der Waals surface area contributed by atoms with Gasteiger partial charge in [0.1, 0.15) is 5.00 Å². The largest absolute Gasteiger partial charge is 0.462 e. The lowest BCUT2D eigenvalue weighted by Gasteiger charge is -2.26. The van der Waals surface area contributed by atoms with Crippen molar-refractivity contribution < 1.29 is 24.0 Å². The van der Waals surface area contributed by atoms with Crippen molar-refractivity contribution in [1.29, 1.82) is 0 Å². The van der Waals surface area contributed by atoms with Gasteiger partial charge in [-0.2, -0.15) is 0 Å². The monoisotopic (exact) mass is 382 g/mol. The van der Waals surface area contributed by atoms with Gasteiger partial charge in [0, 0.05) is 7.05 Å². The summed E-state index contributed by atoms with van der Waals surface area (Å²) in [5.74, 6) is -0.239. The fraction of sp³-hybridized carbons (Fsp3) is 0.611. The highest BCUT2D eigenvalue weighted by atomic mass is 32.1. The molecule has 0 bridgehead atoms. The molecule has 1 aromatic heterocycles. The number of hydrogen-bond donors (Lipinski definition) is 3. The normalized spacial score (nSPS) is 19.7. The molecule has 3 N–H and O–H groups in total. The highest BCUT2D eigenvalue weighted by molar-refractivity contribution is 7.18. The lowest BCUT2D eigenvalue weighted by molar-refractivity contribution is -0.897. The lowest BCUT2D eigenvalue weighted by atomic mass is 9.99. The van der Waals surface area contributed by atoms with Gasteiger partial charge in [-0.15, -0.1) is 11.3 Å². The summed E-state index contributed by atoms with van der Waals surface area (Å²) in [5, 5.41) is 5.77. The number of likely N-dealkylation sites (tertiary alicyclic amines) is 1. The Morgan fingerprint density at radius 1 is 1.27 bits per heavy atom. The number of piperidine rings is 1. The summed E-state index contributed by atoms with van der Waals surface area (Å²) in [7, 11) is 1.53. The molecule has 26 heavy (non-hydrogen) atoms. The van der Waals surface area contributed by atoms with Gasteiger partial charge in [0.25, 0.3) is 11.8 Å². The summed E-state index contributed by atoms with van der Waals surface area (Å²) in [6.07, 6.45) is 2.24. The zero-order chi connectivity index (χ0) is 19.3. The van der Waals surface area contributed by atoms with E-state index in [9.17, 15) is 14.4 Å². The average molecular weight is 383 g/mol. The molecule has 0 saturated carbocycles. The van der Waals surface area contributed by atoms with Crippen LogP contribution >= 0.6 is 11.3 Å². The number of esters is 1. The summed E-state index contributed by atoms with van der Waals surface area (Å²) >= 11 is 1.11. The Kier molecular flexibility index (Phi) is 7.16. The number of rotatable bonds is 6. The smallest absolute Gasteiger partial charge is 0.341 e. The van der Waals surface area contributed by atoms with Crippen molar-refractivity contribution in [2.45, 2.75) is 33.6 Å². The number of anilines is 1. The molecule has 8 heteroatoms. The van der Waals surface area contributed by atoms with Gasteiger partial charge in [-0.1, -0.05) is 6.92 Å². The third-order valence-corrected chi connectivity index (χ3v) is 5.91. The molecule has 2 amide bonds. The molecular formula is C18H28N3O4S+. The van der Waals surface area contributed by atoms with Crippen molar-refractivity contribution in [2.24, 2.45) is 5.92 Å². The van der Waals surface area contributed by atoms with Crippen LogP contribution < -0.4 is 15.5 Å². The Bertz CT molecular complexity index is 678. The highest BCUT2D eigenvalue weighted by Crippen LogP contribution is 2.33. The van der Waals surface area contributed by atoms with E-state index in [-0.39, 0.29) is 24.0 Å². The molecule has 0 unspecified atom stereocenters. The first-order valence-electron chi connectivity index (χ1n) is 9.03. The Balaban J connectivity index is 2.17. The summed E-state index contributed by atoms with van der Waals surface area (Å²) in [4.78, 5) is 38.5. The Hall–Kier alpha value is -1.93. The van der Waals surface area contributed by atoms with E-state index in [1.54, 1.807) is 13.8 Å². The van der Waals surface area contributed by atoms with Gasteiger partial charge in [0.15, 0.2) is 6.54 Å². The minimum atomic E-state index is -0.522. The Morgan fingerprint density at radius 2 is 1.92 bits per heavy atom. The molecule has 0 spiro atoms. The number of quaternary nitrogens is 1. The topological polar surface area (TPSA) is 88.9 Å². The van der Waals surface area contributed by atoms with Crippen LogP contribution in [0.15, 0.2) is 0 Å². The van der Waals surface area contributed by atoms with E-state index in [1.807, 2.05) is 0 Å². The molecule has 144 valence electrons. The molecule has 2 heterocycles. The van der Waals surface area contributed by atoms with Crippen LogP contribution in [0.1, 0.15) is 52.3 Å². The average Bonchev–Trinajstić information content (AvgIpc) is 2.92. The number of nitrogens with one attached hydrogen (secondary N) is 3. The van der Waals surface area contributed by atoms with Crippen molar-refractivity contribution in [3.63, 3.8) is 0 Å². The number of ether oxygens (including phenoxy) is 1. The van der Waals surface area contributed by atoms with Crippen LogP contribution in [0.5, 0.6) is 0 Å². The maximum absolute atomic E-state index is 12.5. The third kappa shape index (κ3) is 4.82. The SMILES string of the molecule is CCOC(=O)c1c(NC(=O)C[NH+]2CCC(C)CC2)sc(C(=O)NC)c1C. The first kappa shape index (κ1) is 20.4. The number of carbonyl (C=O) groups excluding carboxylic acids is 3. The van der Waals surface area contributed by atoms with E-state index in [4.69, 9.17) is 4.74 Å². The molecule has 2 rings (SSSR count). The van der Waals surface area contributed by atoms with Gasteiger partial charge in [-0.05, 0) is 38.2 Å². The van der Waals surface area contributed by atoms with Gasteiger partial charge in [0.2, 0.25) is 0 Å². The van der Waals surface area contributed by atoms with Crippen LogP contribution in [0.2, 0.25) is 0 Å². The minimum absolute atomic E-state index is 0.148. The summed E-state index contributed by atoms with van der Waals surface area (Å²) in [5.41, 5.74) is 0.799. The molecule has 1 aliphatic heterocycles. The summed E-state index contributed by atoms with van der Waals surface area (Å²) in [6.45, 7) is 8.20. The van der Waals surface area contributed by atoms with Gasteiger partial charge in [-0.3, -0.25) is 9.59 Å². The van der Waals surface area contributed by atoms with Crippen LogP contribution in [0.25, 0.3) is 0 Å². The second-order valence-corrected chi connectivity index (χ2v) is 7.74. The number of amides is 2. The second-order valence-electron chi connectivity index (χ2n) is 6.72. The van der Waals surface area contributed by atoms with Gasteiger partial charge >= 0.3 is 5.97 Å².